The molecule has 154 valence electrons. The predicted octanol–water partition coefficient (Wildman–Crippen LogP) is -0.235. The molecule has 0 bridgehead atoms. The molecule has 0 saturated carbocycles. The number of nitrogens with one attached hydrogen (secondary N) is 1. The summed E-state index contributed by atoms with van der Waals surface area (Å²) >= 11 is 0. The van der Waals surface area contributed by atoms with Crippen molar-refractivity contribution in [2.75, 3.05) is 31.7 Å². The molecule has 1 fully saturated rings. The third kappa shape index (κ3) is 7.06. The number of esters is 1. The summed E-state index contributed by atoms with van der Waals surface area (Å²) in [6, 6.07) is 8.30. The van der Waals surface area contributed by atoms with Gasteiger partial charge in [0.05, 0.1) is 11.5 Å². The first kappa shape index (κ1) is 22.1. The number of sulfonamides is 1. The molecule has 9 nitrogen and oxygen atoms in total. The smallest absolute Gasteiger partial charge is 0.321 e. The molecule has 1 aromatic carbocycles. The Labute approximate surface area is 164 Å². The Balaban J connectivity index is 1.76. The van der Waals surface area contributed by atoms with Crippen molar-refractivity contribution in [1.82, 2.24) is 9.62 Å². The number of amides is 1. The van der Waals surface area contributed by atoms with Crippen molar-refractivity contribution >= 4 is 37.8 Å². The summed E-state index contributed by atoms with van der Waals surface area (Å²) < 4.78 is 53.4. The average molecular weight is 431 g/mol. The Bertz CT molecular complexity index is 941. The van der Waals surface area contributed by atoms with E-state index < -0.39 is 50.9 Å². The van der Waals surface area contributed by atoms with Crippen LogP contribution < -0.4 is 4.72 Å². The van der Waals surface area contributed by atoms with Crippen LogP contribution in [0.3, 0.4) is 0 Å². The first-order valence-corrected chi connectivity index (χ1v) is 11.8. The Kier molecular flexibility index (Phi) is 7.33. The van der Waals surface area contributed by atoms with Gasteiger partial charge in [0.1, 0.15) is 6.54 Å². The monoisotopic (exact) mass is 430 g/mol. The van der Waals surface area contributed by atoms with E-state index in [9.17, 15) is 26.4 Å². The normalized spacial score (nSPS) is 18.8. The number of ether oxygens (including phenoxy) is 1. The highest BCUT2D eigenvalue weighted by Gasteiger charge is 2.32. The number of carbonyl (C=O) groups excluding carboxylic acids is 2. The standard InChI is InChI=1S/C17H22N2O7S2/c1-19(15-8-9-27(22,23)13-15)16(20)12-26-17(21)11-18-28(24,25)10-7-14-5-3-2-4-6-14/h2-7,10,15,18H,8-9,11-13H2,1H3/b10-7+. The first-order valence-electron chi connectivity index (χ1n) is 8.42. The SMILES string of the molecule is CN(C(=O)COC(=O)CNS(=O)(=O)/C=C/c1ccccc1)C1CCS(=O)(=O)C1. The summed E-state index contributed by atoms with van der Waals surface area (Å²) in [5, 5.41) is 0.926. The van der Waals surface area contributed by atoms with Gasteiger partial charge in [0.15, 0.2) is 16.4 Å². The molecule has 1 heterocycles. The zero-order valence-corrected chi connectivity index (χ0v) is 16.9. The van der Waals surface area contributed by atoms with Gasteiger partial charge in [-0.3, -0.25) is 9.59 Å². The molecule has 1 atom stereocenters. The van der Waals surface area contributed by atoms with Gasteiger partial charge in [-0.05, 0) is 18.1 Å². The predicted molar refractivity (Wildman–Crippen MR) is 103 cm³/mol. The first-order chi connectivity index (χ1) is 13.1. The Morgan fingerprint density at radius 2 is 1.96 bits per heavy atom. The lowest BCUT2D eigenvalue weighted by Crippen LogP contribution is -2.41. The highest BCUT2D eigenvalue weighted by Crippen LogP contribution is 2.16. The van der Waals surface area contributed by atoms with E-state index >= 15 is 0 Å². The number of hydrogen-bond acceptors (Lipinski definition) is 7. The number of sulfone groups is 1. The summed E-state index contributed by atoms with van der Waals surface area (Å²) in [7, 11) is -5.55. The van der Waals surface area contributed by atoms with Crippen LogP contribution in [0.5, 0.6) is 0 Å². The third-order valence-electron chi connectivity index (χ3n) is 4.16. The Hall–Kier alpha value is -2.24. The molecule has 0 aliphatic carbocycles. The van der Waals surface area contributed by atoms with Crippen molar-refractivity contribution in [2.24, 2.45) is 0 Å². The molecule has 2 rings (SSSR count). The number of hydrogen-bond donors (Lipinski definition) is 1. The number of likely N-dealkylation sites (N-methyl/N-ethyl adjacent to an activating group) is 1. The molecule has 1 aromatic rings. The van der Waals surface area contributed by atoms with Crippen molar-refractivity contribution in [3.63, 3.8) is 0 Å². The van der Waals surface area contributed by atoms with E-state index in [1.54, 1.807) is 30.3 Å². The van der Waals surface area contributed by atoms with Gasteiger partial charge in [-0.1, -0.05) is 30.3 Å². The van der Waals surface area contributed by atoms with Gasteiger partial charge >= 0.3 is 5.97 Å². The summed E-state index contributed by atoms with van der Waals surface area (Å²) in [5.74, 6) is -1.57. The summed E-state index contributed by atoms with van der Waals surface area (Å²) in [4.78, 5) is 24.9. The third-order valence-corrected chi connectivity index (χ3v) is 6.95. The zero-order chi connectivity index (χ0) is 20.8. The fourth-order valence-corrected chi connectivity index (χ4v) is 5.05. The number of rotatable bonds is 8. The van der Waals surface area contributed by atoms with Crippen LogP contribution in [0.1, 0.15) is 12.0 Å². The van der Waals surface area contributed by atoms with E-state index in [4.69, 9.17) is 4.74 Å². The fraction of sp³-hybridized carbons (Fsp3) is 0.412. The van der Waals surface area contributed by atoms with Crippen molar-refractivity contribution in [1.29, 1.82) is 0 Å². The van der Waals surface area contributed by atoms with Gasteiger partial charge in [0.25, 0.3) is 5.91 Å². The molecule has 0 radical (unpaired) electrons. The van der Waals surface area contributed by atoms with Crippen LogP contribution >= 0.6 is 0 Å². The van der Waals surface area contributed by atoms with Crippen LogP contribution in [0.2, 0.25) is 0 Å². The molecule has 1 unspecified atom stereocenters. The van der Waals surface area contributed by atoms with E-state index in [1.165, 1.54) is 18.0 Å². The maximum absolute atomic E-state index is 12.0. The number of carbonyl (C=O) groups is 2. The fourth-order valence-electron chi connectivity index (χ4n) is 2.52. The van der Waals surface area contributed by atoms with Crippen LogP contribution in [0, 0.1) is 0 Å². The van der Waals surface area contributed by atoms with Crippen LogP contribution in [-0.2, 0) is 34.2 Å². The lowest BCUT2D eigenvalue weighted by atomic mass is 10.2. The summed E-state index contributed by atoms with van der Waals surface area (Å²) in [6.45, 7) is -1.22. The molecule has 0 aromatic heterocycles. The van der Waals surface area contributed by atoms with Crippen LogP contribution in [-0.4, -0.2) is 71.4 Å². The number of benzene rings is 1. The topological polar surface area (TPSA) is 127 Å². The molecule has 28 heavy (non-hydrogen) atoms. The van der Waals surface area contributed by atoms with Crippen molar-refractivity contribution in [3.05, 3.63) is 41.3 Å². The van der Waals surface area contributed by atoms with Gasteiger partial charge in [-0.2, -0.15) is 0 Å². The second-order valence-corrected chi connectivity index (χ2v) is 10.2. The Morgan fingerprint density at radius 3 is 2.57 bits per heavy atom. The molecule has 1 N–H and O–H groups in total. The number of nitrogens with zero attached hydrogens (tertiary/aromatic N) is 1. The van der Waals surface area contributed by atoms with Crippen molar-refractivity contribution in [2.45, 2.75) is 12.5 Å². The molecule has 1 aliphatic heterocycles. The molecule has 0 spiro atoms. The highest BCUT2D eigenvalue weighted by atomic mass is 32.2. The minimum absolute atomic E-state index is 0.0212. The van der Waals surface area contributed by atoms with Crippen molar-refractivity contribution < 1.29 is 31.2 Å². The van der Waals surface area contributed by atoms with E-state index in [-0.39, 0.29) is 11.5 Å². The molecule has 1 aliphatic rings. The minimum Gasteiger partial charge on any atom is -0.455 e. The summed E-state index contributed by atoms with van der Waals surface area (Å²) in [5.41, 5.74) is 0.679. The molecule has 11 heteroatoms. The van der Waals surface area contributed by atoms with Gasteiger partial charge in [0, 0.05) is 18.5 Å². The van der Waals surface area contributed by atoms with E-state index in [1.807, 2.05) is 0 Å². The van der Waals surface area contributed by atoms with Crippen LogP contribution in [0.15, 0.2) is 35.7 Å². The maximum atomic E-state index is 12.0. The van der Waals surface area contributed by atoms with Crippen LogP contribution in [0.25, 0.3) is 6.08 Å². The van der Waals surface area contributed by atoms with E-state index in [2.05, 4.69) is 4.72 Å². The zero-order valence-electron chi connectivity index (χ0n) is 15.3. The van der Waals surface area contributed by atoms with Crippen LogP contribution in [0.4, 0.5) is 0 Å². The lowest BCUT2D eigenvalue weighted by molar-refractivity contribution is -0.151. The molecular formula is C17H22N2O7S2. The maximum Gasteiger partial charge on any atom is 0.321 e. The molecule has 1 saturated heterocycles. The Morgan fingerprint density at radius 1 is 1.29 bits per heavy atom. The summed E-state index contributed by atoms with van der Waals surface area (Å²) in [6.07, 6.45) is 1.72. The van der Waals surface area contributed by atoms with Crippen molar-refractivity contribution in [3.8, 4) is 0 Å². The van der Waals surface area contributed by atoms with Gasteiger partial charge in [-0.15, -0.1) is 0 Å². The molecular weight excluding hydrogens is 408 g/mol. The molecule has 1 amide bonds. The largest absolute Gasteiger partial charge is 0.455 e. The second kappa shape index (κ2) is 9.30. The second-order valence-electron chi connectivity index (χ2n) is 6.30. The van der Waals surface area contributed by atoms with E-state index in [0.717, 1.165) is 5.41 Å². The quantitative estimate of drug-likeness (QED) is 0.564. The lowest BCUT2D eigenvalue weighted by Gasteiger charge is -2.23. The van der Waals surface area contributed by atoms with Gasteiger partial charge in [-0.25, -0.2) is 21.6 Å². The average Bonchev–Trinajstić information content (AvgIpc) is 3.03. The van der Waals surface area contributed by atoms with Gasteiger partial charge < -0.3 is 9.64 Å². The minimum atomic E-state index is -3.85. The van der Waals surface area contributed by atoms with Gasteiger partial charge in [0.2, 0.25) is 10.0 Å². The van der Waals surface area contributed by atoms with E-state index in [0.29, 0.717) is 12.0 Å². The highest BCUT2D eigenvalue weighted by molar-refractivity contribution is 7.92.